The predicted octanol–water partition coefficient (Wildman–Crippen LogP) is 3.97. The zero-order valence-corrected chi connectivity index (χ0v) is 10.6. The number of fused-ring (bicyclic) bond motifs is 1. The molecule has 1 aliphatic carbocycles. The summed E-state index contributed by atoms with van der Waals surface area (Å²) in [4.78, 5) is 0. The molecule has 1 N–H and O–H groups in total. The largest absolute Gasteiger partial charge is 0.507 e. The van der Waals surface area contributed by atoms with Crippen molar-refractivity contribution in [2.75, 3.05) is 0 Å². The van der Waals surface area contributed by atoms with Crippen LogP contribution < -0.4 is 0 Å². The van der Waals surface area contributed by atoms with Crippen LogP contribution in [-0.4, -0.2) is 5.11 Å². The van der Waals surface area contributed by atoms with Gasteiger partial charge in [-0.3, -0.25) is 0 Å². The highest BCUT2D eigenvalue weighted by molar-refractivity contribution is 5.47. The normalized spacial score (nSPS) is 18.4. The van der Waals surface area contributed by atoms with Gasteiger partial charge in [0, 0.05) is 11.5 Å². The van der Waals surface area contributed by atoms with E-state index in [0.29, 0.717) is 11.7 Å². The van der Waals surface area contributed by atoms with Gasteiger partial charge in [-0.05, 0) is 48.9 Å². The Kier molecular flexibility index (Phi) is 2.83. The molecular formula is C17H17O. The van der Waals surface area contributed by atoms with Gasteiger partial charge in [-0.1, -0.05) is 36.4 Å². The van der Waals surface area contributed by atoms with E-state index in [0.717, 1.165) is 24.0 Å². The summed E-state index contributed by atoms with van der Waals surface area (Å²) in [7, 11) is 0. The molecule has 0 heterocycles. The van der Waals surface area contributed by atoms with Crippen molar-refractivity contribution in [3.63, 3.8) is 0 Å². The monoisotopic (exact) mass is 237 g/mol. The van der Waals surface area contributed by atoms with Gasteiger partial charge in [0.1, 0.15) is 5.75 Å². The standard InChI is InChI=1S/C17H17O/c1-12-6-4-11-16(17(12)18)15-10-5-8-13-7-2-3-9-14(13)15/h2-4,6-7,9,15,18H,5,8,10H2,1H3. The van der Waals surface area contributed by atoms with E-state index in [-0.39, 0.29) is 0 Å². The lowest BCUT2D eigenvalue weighted by atomic mass is 9.78. The Morgan fingerprint density at radius 2 is 2.06 bits per heavy atom. The first-order chi connectivity index (χ1) is 8.77. The zero-order chi connectivity index (χ0) is 12.5. The van der Waals surface area contributed by atoms with Gasteiger partial charge >= 0.3 is 0 Å². The van der Waals surface area contributed by atoms with Crippen LogP contribution in [0.4, 0.5) is 0 Å². The van der Waals surface area contributed by atoms with Crippen LogP contribution in [0.1, 0.15) is 41.0 Å². The first-order valence-electron chi connectivity index (χ1n) is 6.55. The van der Waals surface area contributed by atoms with Gasteiger partial charge in [-0.2, -0.15) is 0 Å². The second-order valence-corrected chi connectivity index (χ2v) is 5.07. The highest BCUT2D eigenvalue weighted by atomic mass is 16.3. The fraction of sp³-hybridized carbons (Fsp3) is 0.294. The molecule has 1 unspecified atom stereocenters. The minimum absolute atomic E-state index is 0.301. The van der Waals surface area contributed by atoms with Crippen molar-refractivity contribution in [3.8, 4) is 5.75 Å². The maximum absolute atomic E-state index is 10.2. The van der Waals surface area contributed by atoms with Crippen molar-refractivity contribution in [2.45, 2.75) is 32.1 Å². The fourth-order valence-corrected chi connectivity index (χ4v) is 2.94. The molecule has 0 saturated carbocycles. The molecule has 2 aromatic rings. The van der Waals surface area contributed by atoms with Gasteiger partial charge in [0.25, 0.3) is 0 Å². The molecule has 2 aromatic carbocycles. The third-order valence-corrected chi connectivity index (χ3v) is 3.92. The summed E-state index contributed by atoms with van der Waals surface area (Å²) in [5.74, 6) is 0.717. The van der Waals surface area contributed by atoms with E-state index in [1.54, 1.807) is 0 Å². The second-order valence-electron chi connectivity index (χ2n) is 5.07. The van der Waals surface area contributed by atoms with Gasteiger partial charge < -0.3 is 5.11 Å². The number of benzene rings is 2. The van der Waals surface area contributed by atoms with Crippen LogP contribution >= 0.6 is 0 Å². The predicted molar refractivity (Wildman–Crippen MR) is 72.9 cm³/mol. The Balaban J connectivity index is 2.11. The van der Waals surface area contributed by atoms with Crippen molar-refractivity contribution >= 4 is 0 Å². The summed E-state index contributed by atoms with van der Waals surface area (Å²) in [6.45, 7) is 1.95. The molecule has 91 valence electrons. The van der Waals surface area contributed by atoms with Gasteiger partial charge in [-0.25, -0.2) is 0 Å². The van der Waals surface area contributed by atoms with Gasteiger partial charge in [0.05, 0.1) is 0 Å². The van der Waals surface area contributed by atoms with Crippen molar-refractivity contribution in [1.29, 1.82) is 0 Å². The van der Waals surface area contributed by atoms with Crippen LogP contribution in [-0.2, 0) is 6.42 Å². The summed E-state index contributed by atoms with van der Waals surface area (Å²) in [6.07, 6.45) is 3.44. The Labute approximate surface area is 108 Å². The quantitative estimate of drug-likeness (QED) is 0.795. The summed E-state index contributed by atoms with van der Waals surface area (Å²) < 4.78 is 0. The average Bonchev–Trinajstić information content (AvgIpc) is 2.41. The van der Waals surface area contributed by atoms with Crippen LogP contribution in [0.2, 0.25) is 0 Å². The third-order valence-electron chi connectivity index (χ3n) is 3.92. The van der Waals surface area contributed by atoms with Crippen LogP contribution in [0, 0.1) is 13.0 Å². The zero-order valence-electron chi connectivity index (χ0n) is 10.6. The molecule has 3 rings (SSSR count). The first-order valence-corrected chi connectivity index (χ1v) is 6.55. The van der Waals surface area contributed by atoms with E-state index in [1.165, 1.54) is 17.5 Å². The molecule has 0 spiro atoms. The SMILES string of the molecule is Cc1cc[c]c(C2CCCc3ccccc32)c1O. The van der Waals surface area contributed by atoms with Crippen molar-refractivity contribution < 1.29 is 5.11 Å². The van der Waals surface area contributed by atoms with Crippen molar-refractivity contribution in [2.24, 2.45) is 0 Å². The summed E-state index contributed by atoms with van der Waals surface area (Å²) >= 11 is 0. The number of hydrogen-bond donors (Lipinski definition) is 1. The molecule has 1 radical (unpaired) electrons. The number of rotatable bonds is 1. The average molecular weight is 237 g/mol. The van der Waals surface area contributed by atoms with E-state index in [2.05, 4.69) is 30.3 Å². The third kappa shape index (κ3) is 1.80. The molecule has 1 aliphatic rings. The molecule has 0 saturated heterocycles. The van der Waals surface area contributed by atoms with E-state index < -0.39 is 0 Å². The Morgan fingerprint density at radius 3 is 2.94 bits per heavy atom. The number of aryl methyl sites for hydroxylation is 2. The van der Waals surface area contributed by atoms with Crippen LogP contribution in [0.15, 0.2) is 36.4 Å². The Hall–Kier alpha value is -1.76. The molecule has 1 atom stereocenters. The van der Waals surface area contributed by atoms with Gasteiger partial charge in [-0.15, -0.1) is 0 Å². The topological polar surface area (TPSA) is 20.2 Å². The molecule has 0 amide bonds. The molecule has 18 heavy (non-hydrogen) atoms. The fourth-order valence-electron chi connectivity index (χ4n) is 2.94. The number of phenols is 1. The van der Waals surface area contributed by atoms with Crippen molar-refractivity contribution in [3.05, 3.63) is 64.7 Å². The van der Waals surface area contributed by atoms with E-state index in [9.17, 15) is 5.11 Å². The molecular weight excluding hydrogens is 220 g/mol. The van der Waals surface area contributed by atoms with Crippen LogP contribution in [0.3, 0.4) is 0 Å². The smallest absolute Gasteiger partial charge is 0.122 e. The Bertz CT molecular complexity index is 572. The lowest BCUT2D eigenvalue weighted by Crippen LogP contribution is -2.11. The van der Waals surface area contributed by atoms with E-state index >= 15 is 0 Å². The van der Waals surface area contributed by atoms with Crippen molar-refractivity contribution in [1.82, 2.24) is 0 Å². The van der Waals surface area contributed by atoms with E-state index in [1.807, 2.05) is 19.1 Å². The molecule has 0 fully saturated rings. The lowest BCUT2D eigenvalue weighted by Gasteiger charge is -2.26. The van der Waals surface area contributed by atoms with Gasteiger partial charge in [0.15, 0.2) is 0 Å². The molecule has 1 heteroatoms. The Morgan fingerprint density at radius 1 is 1.22 bits per heavy atom. The van der Waals surface area contributed by atoms with Gasteiger partial charge in [0.2, 0.25) is 0 Å². The minimum Gasteiger partial charge on any atom is -0.507 e. The first kappa shape index (κ1) is 11.3. The molecule has 0 aromatic heterocycles. The molecule has 0 aliphatic heterocycles. The van der Waals surface area contributed by atoms with Crippen LogP contribution in [0.5, 0.6) is 5.75 Å². The summed E-state index contributed by atoms with van der Waals surface area (Å²) in [6, 6.07) is 15.6. The maximum Gasteiger partial charge on any atom is 0.122 e. The molecule has 0 bridgehead atoms. The minimum atomic E-state index is 0.301. The highest BCUT2D eigenvalue weighted by Gasteiger charge is 2.24. The second kappa shape index (κ2) is 4.49. The molecule has 1 nitrogen and oxygen atoms in total. The maximum atomic E-state index is 10.2. The summed E-state index contributed by atoms with van der Waals surface area (Å²) in [5, 5.41) is 10.2. The highest BCUT2D eigenvalue weighted by Crippen LogP contribution is 2.40. The number of phenolic OH excluding ortho intramolecular Hbond substituents is 1. The lowest BCUT2D eigenvalue weighted by molar-refractivity contribution is 0.455. The van der Waals surface area contributed by atoms with E-state index in [4.69, 9.17) is 0 Å². The number of aromatic hydroxyl groups is 1. The summed E-state index contributed by atoms with van der Waals surface area (Å²) in [5.41, 5.74) is 4.68. The van der Waals surface area contributed by atoms with Crippen LogP contribution in [0.25, 0.3) is 0 Å². The number of hydrogen-bond acceptors (Lipinski definition) is 1.